The van der Waals surface area contributed by atoms with E-state index in [-0.39, 0.29) is 23.9 Å². The summed E-state index contributed by atoms with van der Waals surface area (Å²) in [6.07, 6.45) is 0. The van der Waals surface area contributed by atoms with Crippen LogP contribution in [0.5, 0.6) is 17.2 Å². The van der Waals surface area contributed by atoms with Crippen molar-refractivity contribution >= 4 is 16.1 Å². The second-order valence-corrected chi connectivity index (χ2v) is 8.55. The molecule has 0 saturated carbocycles. The maximum absolute atomic E-state index is 12.9. The van der Waals surface area contributed by atoms with Gasteiger partial charge in [0.1, 0.15) is 18.1 Å². The molecule has 3 aromatic rings. The van der Waals surface area contributed by atoms with Gasteiger partial charge in [-0.3, -0.25) is 4.79 Å². The highest BCUT2D eigenvalue weighted by atomic mass is 32.2. The van der Waals surface area contributed by atoms with Crippen LogP contribution in [-0.4, -0.2) is 44.0 Å². The molecule has 172 valence electrons. The van der Waals surface area contributed by atoms with Gasteiger partial charge in [-0.25, -0.2) is 4.79 Å². The number of ether oxygens (including phenoxy) is 3. The van der Waals surface area contributed by atoms with Gasteiger partial charge in [0.25, 0.3) is 5.56 Å². The van der Waals surface area contributed by atoms with E-state index in [2.05, 4.69) is 5.10 Å². The molecule has 0 bridgehead atoms. The summed E-state index contributed by atoms with van der Waals surface area (Å²) in [6.45, 7) is 4.09. The van der Waals surface area contributed by atoms with Crippen molar-refractivity contribution in [2.24, 2.45) is 0 Å². The number of hydrogen-bond donors (Lipinski definition) is 0. The Hall–Kier alpha value is -3.86. The number of benzene rings is 2. The standard InChI is InChI=1S/C22H20N2O8S/c1-3-29-22(26)21-19(13-20(25)24(23-21)15-6-4-14(2)5-7-15)32-33(27,28)16-8-9-17-18(12-16)31-11-10-30-17/h4-9,12-13H,3,10-11H2,1-2H3. The molecule has 1 aliphatic heterocycles. The van der Waals surface area contributed by atoms with Crippen LogP contribution in [0.1, 0.15) is 23.0 Å². The van der Waals surface area contributed by atoms with Crippen molar-refractivity contribution in [3.05, 3.63) is 70.1 Å². The van der Waals surface area contributed by atoms with Gasteiger partial charge >= 0.3 is 16.1 Å². The monoisotopic (exact) mass is 472 g/mol. The fraction of sp³-hybridized carbons (Fsp3) is 0.227. The highest BCUT2D eigenvalue weighted by molar-refractivity contribution is 7.87. The van der Waals surface area contributed by atoms with E-state index >= 15 is 0 Å². The van der Waals surface area contributed by atoms with Crippen molar-refractivity contribution in [2.75, 3.05) is 19.8 Å². The fourth-order valence-electron chi connectivity index (χ4n) is 3.06. The first-order chi connectivity index (χ1) is 15.8. The SMILES string of the molecule is CCOC(=O)c1nn(-c2ccc(C)cc2)c(=O)cc1OS(=O)(=O)c1ccc2c(c1)OCCO2. The molecule has 0 atom stereocenters. The molecular formula is C22H20N2O8S. The molecule has 33 heavy (non-hydrogen) atoms. The number of esters is 1. The molecular weight excluding hydrogens is 452 g/mol. The number of nitrogens with zero attached hydrogens (tertiary/aromatic N) is 2. The molecule has 0 radical (unpaired) electrons. The second-order valence-electron chi connectivity index (χ2n) is 7.01. The number of aryl methyl sites for hydroxylation is 1. The van der Waals surface area contributed by atoms with Crippen molar-refractivity contribution in [1.29, 1.82) is 0 Å². The number of carbonyl (C=O) groups excluding carboxylic acids is 1. The minimum absolute atomic E-state index is 0.0124. The molecule has 0 aliphatic carbocycles. The normalized spacial score (nSPS) is 12.8. The van der Waals surface area contributed by atoms with Crippen LogP contribution >= 0.6 is 0 Å². The Morgan fingerprint density at radius 1 is 1.06 bits per heavy atom. The third-order valence-corrected chi connectivity index (χ3v) is 5.88. The van der Waals surface area contributed by atoms with Gasteiger partial charge in [0, 0.05) is 6.07 Å². The minimum atomic E-state index is -4.45. The largest absolute Gasteiger partial charge is 0.486 e. The molecule has 1 aromatic heterocycles. The molecule has 0 fully saturated rings. The number of rotatable bonds is 6. The van der Waals surface area contributed by atoms with E-state index < -0.39 is 33.1 Å². The smallest absolute Gasteiger partial charge is 0.362 e. The zero-order valence-corrected chi connectivity index (χ0v) is 18.6. The predicted octanol–water partition coefficient (Wildman–Crippen LogP) is 2.26. The van der Waals surface area contributed by atoms with E-state index in [1.54, 1.807) is 31.2 Å². The van der Waals surface area contributed by atoms with Crippen LogP contribution < -0.4 is 19.2 Å². The van der Waals surface area contributed by atoms with E-state index in [1.165, 1.54) is 18.2 Å². The second kappa shape index (κ2) is 8.94. The lowest BCUT2D eigenvalue weighted by Gasteiger charge is -2.19. The number of carbonyl (C=O) groups is 1. The predicted molar refractivity (Wildman–Crippen MR) is 116 cm³/mol. The fourth-order valence-corrected chi connectivity index (χ4v) is 4.01. The van der Waals surface area contributed by atoms with E-state index in [4.69, 9.17) is 18.4 Å². The molecule has 10 nitrogen and oxygen atoms in total. The molecule has 0 spiro atoms. The van der Waals surface area contributed by atoms with Gasteiger partial charge in [-0.05, 0) is 38.1 Å². The molecule has 0 amide bonds. The molecule has 1 aliphatic rings. The highest BCUT2D eigenvalue weighted by Crippen LogP contribution is 2.33. The Kier molecular flexibility index (Phi) is 6.05. The Bertz CT molecular complexity index is 1360. The third kappa shape index (κ3) is 4.67. The van der Waals surface area contributed by atoms with E-state index in [9.17, 15) is 18.0 Å². The van der Waals surface area contributed by atoms with Gasteiger partial charge in [-0.15, -0.1) is 0 Å². The average Bonchev–Trinajstić information content (AvgIpc) is 2.79. The topological polar surface area (TPSA) is 123 Å². The average molecular weight is 472 g/mol. The van der Waals surface area contributed by atoms with Crippen LogP contribution in [0.2, 0.25) is 0 Å². The summed E-state index contributed by atoms with van der Waals surface area (Å²) in [5.41, 5.74) is 0.192. The minimum Gasteiger partial charge on any atom is -0.486 e. The van der Waals surface area contributed by atoms with E-state index in [1.807, 2.05) is 6.92 Å². The maximum Gasteiger partial charge on any atom is 0.362 e. The molecule has 0 saturated heterocycles. The van der Waals surface area contributed by atoms with Gasteiger partial charge in [0.2, 0.25) is 5.69 Å². The summed E-state index contributed by atoms with van der Waals surface area (Å²) >= 11 is 0. The molecule has 11 heteroatoms. The Morgan fingerprint density at radius 2 is 1.76 bits per heavy atom. The molecule has 4 rings (SSSR count). The van der Waals surface area contributed by atoms with Crippen LogP contribution in [0, 0.1) is 6.92 Å². The Labute approximate surface area is 189 Å². The third-order valence-electron chi connectivity index (χ3n) is 4.65. The van der Waals surface area contributed by atoms with Crippen molar-refractivity contribution in [2.45, 2.75) is 18.7 Å². The first-order valence-electron chi connectivity index (χ1n) is 10.0. The molecule has 0 unspecified atom stereocenters. The lowest BCUT2D eigenvalue weighted by Crippen LogP contribution is -2.26. The van der Waals surface area contributed by atoms with Gasteiger partial charge in [-0.1, -0.05) is 17.7 Å². The lowest BCUT2D eigenvalue weighted by atomic mass is 10.2. The van der Waals surface area contributed by atoms with Crippen LogP contribution in [0.3, 0.4) is 0 Å². The summed E-state index contributed by atoms with van der Waals surface area (Å²) in [7, 11) is -4.45. The van der Waals surface area contributed by atoms with Gasteiger partial charge in [-0.2, -0.15) is 18.2 Å². The number of aromatic nitrogens is 2. The molecule has 0 N–H and O–H groups in total. The van der Waals surface area contributed by atoms with Crippen molar-refractivity contribution in [1.82, 2.24) is 9.78 Å². The highest BCUT2D eigenvalue weighted by Gasteiger charge is 2.27. The maximum atomic E-state index is 12.9. The van der Waals surface area contributed by atoms with Crippen LogP contribution in [0.15, 0.2) is 58.2 Å². The quantitative estimate of drug-likeness (QED) is 0.392. The lowest BCUT2D eigenvalue weighted by molar-refractivity contribution is 0.0515. The first kappa shape index (κ1) is 22.3. The van der Waals surface area contributed by atoms with Crippen LogP contribution in [-0.2, 0) is 14.9 Å². The zero-order chi connectivity index (χ0) is 23.6. The van der Waals surface area contributed by atoms with Crippen LogP contribution in [0.25, 0.3) is 5.69 Å². The summed E-state index contributed by atoms with van der Waals surface area (Å²) in [5, 5.41) is 4.03. The van der Waals surface area contributed by atoms with Crippen molar-refractivity contribution < 1.29 is 31.6 Å². The number of hydrogen-bond acceptors (Lipinski definition) is 9. The zero-order valence-electron chi connectivity index (χ0n) is 17.8. The van der Waals surface area contributed by atoms with Gasteiger partial charge < -0.3 is 18.4 Å². The van der Waals surface area contributed by atoms with Gasteiger partial charge in [0.05, 0.1) is 18.4 Å². The molecule has 2 aromatic carbocycles. The number of fused-ring (bicyclic) bond motifs is 1. The molecule has 2 heterocycles. The van der Waals surface area contributed by atoms with Crippen LogP contribution in [0.4, 0.5) is 0 Å². The van der Waals surface area contributed by atoms with Gasteiger partial charge in [0.15, 0.2) is 17.2 Å². The first-order valence-corrected chi connectivity index (χ1v) is 11.4. The van der Waals surface area contributed by atoms with E-state index in [0.717, 1.165) is 16.3 Å². The Morgan fingerprint density at radius 3 is 2.45 bits per heavy atom. The van der Waals surface area contributed by atoms with Crippen molar-refractivity contribution in [3.8, 4) is 22.9 Å². The summed E-state index contributed by atoms with van der Waals surface area (Å²) < 4.78 is 47.8. The Balaban J connectivity index is 1.76. The summed E-state index contributed by atoms with van der Waals surface area (Å²) in [4.78, 5) is 25.0. The van der Waals surface area contributed by atoms with Crippen molar-refractivity contribution in [3.63, 3.8) is 0 Å². The summed E-state index contributed by atoms with van der Waals surface area (Å²) in [6, 6.07) is 11.7. The van der Waals surface area contributed by atoms with E-state index in [0.29, 0.717) is 18.0 Å². The summed E-state index contributed by atoms with van der Waals surface area (Å²) in [5.74, 6) is -0.846.